The highest BCUT2D eigenvalue weighted by atomic mass is 15.2. The number of benzene rings is 1. The first-order chi connectivity index (χ1) is 9.40. The quantitative estimate of drug-likeness (QED) is 0.910. The van der Waals surface area contributed by atoms with Crippen LogP contribution in [0.2, 0.25) is 0 Å². The second-order valence-corrected chi connectivity index (χ2v) is 5.14. The fourth-order valence-corrected chi connectivity index (χ4v) is 3.01. The van der Waals surface area contributed by atoms with Crippen molar-refractivity contribution >= 4 is 16.6 Å². The standard InChI is InChI=1S/C16H21N3/c1-2-17-12-13-6-5-11-19(13)16-9-10-18-15-8-4-3-7-14(15)16/h3-4,7-10,13,17H,2,5-6,11-12H2,1H3. The summed E-state index contributed by atoms with van der Waals surface area (Å²) in [5, 5.41) is 4.75. The minimum absolute atomic E-state index is 0.616. The van der Waals surface area contributed by atoms with E-state index in [1.807, 2.05) is 6.20 Å². The van der Waals surface area contributed by atoms with Gasteiger partial charge in [0.2, 0.25) is 0 Å². The Labute approximate surface area is 114 Å². The van der Waals surface area contributed by atoms with E-state index in [2.05, 4.69) is 52.5 Å². The van der Waals surface area contributed by atoms with E-state index in [-0.39, 0.29) is 0 Å². The molecule has 1 saturated heterocycles. The maximum Gasteiger partial charge on any atom is 0.0722 e. The fourth-order valence-electron chi connectivity index (χ4n) is 3.01. The summed E-state index contributed by atoms with van der Waals surface area (Å²) in [6.07, 6.45) is 4.50. The van der Waals surface area contributed by atoms with Crippen molar-refractivity contribution in [3.05, 3.63) is 36.5 Å². The van der Waals surface area contributed by atoms with Crippen molar-refractivity contribution in [2.75, 3.05) is 24.5 Å². The summed E-state index contributed by atoms with van der Waals surface area (Å²) in [6, 6.07) is 11.2. The highest BCUT2D eigenvalue weighted by Crippen LogP contribution is 2.30. The first-order valence-electron chi connectivity index (χ1n) is 7.21. The van der Waals surface area contributed by atoms with Crippen LogP contribution in [0.4, 0.5) is 5.69 Å². The minimum atomic E-state index is 0.616. The average Bonchev–Trinajstić information content (AvgIpc) is 2.92. The lowest BCUT2D eigenvalue weighted by molar-refractivity contribution is 0.588. The van der Waals surface area contributed by atoms with Gasteiger partial charge in [0.1, 0.15) is 0 Å². The van der Waals surface area contributed by atoms with E-state index >= 15 is 0 Å². The zero-order valence-electron chi connectivity index (χ0n) is 11.5. The third-order valence-corrected chi connectivity index (χ3v) is 3.94. The number of hydrogen-bond donors (Lipinski definition) is 1. The van der Waals surface area contributed by atoms with E-state index in [4.69, 9.17) is 0 Å². The van der Waals surface area contributed by atoms with Crippen LogP contribution in [-0.2, 0) is 0 Å². The molecule has 1 aromatic carbocycles. The van der Waals surface area contributed by atoms with Crippen molar-refractivity contribution in [3.8, 4) is 0 Å². The van der Waals surface area contributed by atoms with Crippen LogP contribution in [0.15, 0.2) is 36.5 Å². The Bertz CT molecular complexity index is 547. The molecule has 0 bridgehead atoms. The van der Waals surface area contributed by atoms with E-state index in [0.717, 1.165) is 25.2 Å². The molecule has 1 N–H and O–H groups in total. The van der Waals surface area contributed by atoms with Crippen molar-refractivity contribution in [2.45, 2.75) is 25.8 Å². The highest BCUT2D eigenvalue weighted by Gasteiger charge is 2.25. The van der Waals surface area contributed by atoms with Gasteiger partial charge in [0.15, 0.2) is 0 Å². The number of pyridine rings is 1. The van der Waals surface area contributed by atoms with Crippen LogP contribution >= 0.6 is 0 Å². The summed E-state index contributed by atoms with van der Waals surface area (Å²) in [4.78, 5) is 7.01. The Kier molecular flexibility index (Phi) is 3.65. The molecule has 19 heavy (non-hydrogen) atoms. The van der Waals surface area contributed by atoms with Crippen molar-refractivity contribution in [2.24, 2.45) is 0 Å². The predicted molar refractivity (Wildman–Crippen MR) is 80.7 cm³/mol. The van der Waals surface area contributed by atoms with Gasteiger partial charge in [0.05, 0.1) is 5.52 Å². The molecular formula is C16H21N3. The number of likely N-dealkylation sites (N-methyl/N-ethyl adjacent to an activating group) is 1. The Hall–Kier alpha value is -1.61. The molecule has 1 aliphatic rings. The molecule has 2 heterocycles. The second-order valence-electron chi connectivity index (χ2n) is 5.14. The van der Waals surface area contributed by atoms with Crippen molar-refractivity contribution in [1.82, 2.24) is 10.3 Å². The molecule has 100 valence electrons. The molecule has 2 aromatic rings. The van der Waals surface area contributed by atoms with Gasteiger partial charge in [-0.1, -0.05) is 25.1 Å². The van der Waals surface area contributed by atoms with Crippen LogP contribution in [0.5, 0.6) is 0 Å². The number of fused-ring (bicyclic) bond motifs is 1. The molecular weight excluding hydrogens is 234 g/mol. The monoisotopic (exact) mass is 255 g/mol. The molecule has 0 saturated carbocycles. The Balaban J connectivity index is 1.94. The third kappa shape index (κ3) is 2.43. The number of nitrogens with zero attached hydrogens (tertiary/aromatic N) is 2. The molecule has 1 unspecified atom stereocenters. The summed E-state index contributed by atoms with van der Waals surface area (Å²) in [5.41, 5.74) is 2.43. The van der Waals surface area contributed by atoms with Gasteiger partial charge in [-0.05, 0) is 31.5 Å². The molecule has 0 aliphatic carbocycles. The Morgan fingerprint density at radius 1 is 1.32 bits per heavy atom. The summed E-state index contributed by atoms with van der Waals surface area (Å²) >= 11 is 0. The van der Waals surface area contributed by atoms with E-state index in [1.165, 1.54) is 23.9 Å². The Morgan fingerprint density at radius 3 is 3.11 bits per heavy atom. The van der Waals surface area contributed by atoms with E-state index in [9.17, 15) is 0 Å². The van der Waals surface area contributed by atoms with Crippen molar-refractivity contribution in [3.63, 3.8) is 0 Å². The maximum absolute atomic E-state index is 4.46. The van der Waals surface area contributed by atoms with Crippen LogP contribution < -0.4 is 10.2 Å². The van der Waals surface area contributed by atoms with E-state index in [1.54, 1.807) is 0 Å². The molecule has 1 aliphatic heterocycles. The maximum atomic E-state index is 4.46. The van der Waals surface area contributed by atoms with Crippen LogP contribution in [-0.4, -0.2) is 30.7 Å². The van der Waals surface area contributed by atoms with Gasteiger partial charge in [0, 0.05) is 36.4 Å². The molecule has 0 amide bonds. The molecule has 3 heteroatoms. The smallest absolute Gasteiger partial charge is 0.0722 e. The van der Waals surface area contributed by atoms with Gasteiger partial charge in [-0.3, -0.25) is 4.98 Å². The molecule has 1 fully saturated rings. The predicted octanol–water partition coefficient (Wildman–Crippen LogP) is 2.81. The van der Waals surface area contributed by atoms with Crippen LogP contribution in [0, 0.1) is 0 Å². The lowest BCUT2D eigenvalue weighted by atomic mass is 10.1. The van der Waals surface area contributed by atoms with Gasteiger partial charge >= 0.3 is 0 Å². The lowest BCUT2D eigenvalue weighted by Gasteiger charge is -2.28. The van der Waals surface area contributed by atoms with Gasteiger partial charge in [-0.25, -0.2) is 0 Å². The van der Waals surface area contributed by atoms with Gasteiger partial charge in [-0.2, -0.15) is 0 Å². The first-order valence-corrected chi connectivity index (χ1v) is 7.21. The highest BCUT2D eigenvalue weighted by molar-refractivity contribution is 5.91. The number of hydrogen-bond acceptors (Lipinski definition) is 3. The van der Waals surface area contributed by atoms with Crippen LogP contribution in [0.1, 0.15) is 19.8 Å². The van der Waals surface area contributed by atoms with E-state index < -0.39 is 0 Å². The zero-order chi connectivity index (χ0) is 13.1. The zero-order valence-corrected chi connectivity index (χ0v) is 11.5. The number of para-hydroxylation sites is 1. The van der Waals surface area contributed by atoms with Gasteiger partial charge in [0.25, 0.3) is 0 Å². The van der Waals surface area contributed by atoms with Gasteiger partial charge in [-0.15, -0.1) is 0 Å². The molecule has 0 spiro atoms. The largest absolute Gasteiger partial charge is 0.367 e. The molecule has 3 rings (SSSR count). The van der Waals surface area contributed by atoms with Crippen molar-refractivity contribution < 1.29 is 0 Å². The number of aromatic nitrogens is 1. The van der Waals surface area contributed by atoms with Gasteiger partial charge < -0.3 is 10.2 Å². The summed E-state index contributed by atoms with van der Waals surface area (Å²) < 4.78 is 0. The SMILES string of the molecule is CCNCC1CCCN1c1ccnc2ccccc12. The molecule has 0 radical (unpaired) electrons. The van der Waals surface area contributed by atoms with Crippen LogP contribution in [0.25, 0.3) is 10.9 Å². The second kappa shape index (κ2) is 5.57. The normalized spacial score (nSPS) is 19.2. The Morgan fingerprint density at radius 2 is 2.21 bits per heavy atom. The lowest BCUT2D eigenvalue weighted by Crippen LogP contribution is -2.38. The summed E-state index contributed by atoms with van der Waals surface area (Å²) in [5.74, 6) is 0. The fraction of sp³-hybridized carbons (Fsp3) is 0.438. The minimum Gasteiger partial charge on any atom is -0.367 e. The molecule has 3 nitrogen and oxygen atoms in total. The van der Waals surface area contributed by atoms with E-state index in [0.29, 0.717) is 6.04 Å². The summed E-state index contributed by atoms with van der Waals surface area (Å²) in [7, 11) is 0. The number of nitrogens with one attached hydrogen (secondary N) is 1. The van der Waals surface area contributed by atoms with Crippen LogP contribution in [0.3, 0.4) is 0 Å². The van der Waals surface area contributed by atoms with Crippen molar-refractivity contribution in [1.29, 1.82) is 0 Å². The number of rotatable bonds is 4. The average molecular weight is 255 g/mol. The topological polar surface area (TPSA) is 28.2 Å². The number of anilines is 1. The summed E-state index contributed by atoms with van der Waals surface area (Å²) in [6.45, 7) is 5.44. The third-order valence-electron chi connectivity index (χ3n) is 3.94. The molecule has 1 atom stereocenters. The molecule has 1 aromatic heterocycles. The first kappa shape index (κ1) is 12.4.